The number of ether oxygens (including phenoxy) is 2. The van der Waals surface area contributed by atoms with Crippen molar-refractivity contribution >= 4 is 16.7 Å². The van der Waals surface area contributed by atoms with Crippen LogP contribution in [0.3, 0.4) is 0 Å². The molecule has 3 heterocycles. The first kappa shape index (κ1) is 22.0. The van der Waals surface area contributed by atoms with E-state index in [1.165, 1.54) is 5.39 Å². The van der Waals surface area contributed by atoms with Crippen LogP contribution < -0.4 is 10.1 Å². The number of pyridine rings is 1. The normalized spacial score (nSPS) is 17.1. The molecule has 0 unspecified atom stereocenters. The first-order valence-electron chi connectivity index (χ1n) is 10.1. The summed E-state index contributed by atoms with van der Waals surface area (Å²) in [5, 5.41) is 12.8. The molecule has 5 rings (SSSR count). The third-order valence-corrected chi connectivity index (χ3v) is 5.38. The monoisotopic (exact) mass is 446 g/mol. The number of fused-ring (bicyclic) bond motifs is 2. The Balaban J connectivity index is 0.000000307. The van der Waals surface area contributed by atoms with Crippen LogP contribution in [0.1, 0.15) is 18.4 Å². The van der Waals surface area contributed by atoms with Gasteiger partial charge in [-0.05, 0) is 29.7 Å². The number of nitrogens with one attached hydrogen (secondary N) is 1. The molecule has 1 fully saturated rings. The van der Waals surface area contributed by atoms with E-state index >= 15 is 0 Å². The fourth-order valence-electron chi connectivity index (χ4n) is 3.69. The van der Waals surface area contributed by atoms with Gasteiger partial charge in [0, 0.05) is 48.6 Å². The zero-order chi connectivity index (χ0) is 22.8. The van der Waals surface area contributed by atoms with Crippen molar-refractivity contribution in [1.29, 1.82) is 0 Å². The molecule has 1 aromatic heterocycles. The summed E-state index contributed by atoms with van der Waals surface area (Å²) in [5.41, 5.74) is 3.17. The number of carboxylic acid groups (broad SMARTS) is 1. The number of halogens is 3. The molecule has 0 saturated carbocycles. The molecule has 0 atom stereocenters. The Morgan fingerprint density at radius 1 is 1.06 bits per heavy atom. The minimum Gasteiger partial charge on any atom is -0.475 e. The van der Waals surface area contributed by atoms with E-state index in [1.807, 2.05) is 12.3 Å². The van der Waals surface area contributed by atoms with E-state index in [-0.39, 0.29) is 0 Å². The maximum atomic E-state index is 10.6. The van der Waals surface area contributed by atoms with Crippen molar-refractivity contribution in [3.05, 3.63) is 60.3 Å². The van der Waals surface area contributed by atoms with Crippen LogP contribution in [0, 0.1) is 0 Å². The molecule has 9 heteroatoms. The third kappa shape index (κ3) is 4.84. The van der Waals surface area contributed by atoms with Crippen molar-refractivity contribution in [2.75, 3.05) is 13.1 Å². The smallest absolute Gasteiger partial charge is 0.475 e. The summed E-state index contributed by atoms with van der Waals surface area (Å²) in [4.78, 5) is 13.5. The molecule has 2 N–H and O–H groups in total. The highest BCUT2D eigenvalue weighted by atomic mass is 19.4. The summed E-state index contributed by atoms with van der Waals surface area (Å²) >= 11 is 0. The Morgan fingerprint density at radius 2 is 1.75 bits per heavy atom. The van der Waals surface area contributed by atoms with Gasteiger partial charge in [0.25, 0.3) is 0 Å². The number of piperidine rings is 1. The molecule has 168 valence electrons. The van der Waals surface area contributed by atoms with E-state index < -0.39 is 17.9 Å². The van der Waals surface area contributed by atoms with Gasteiger partial charge in [0.05, 0.1) is 12.3 Å². The quantitative estimate of drug-likeness (QED) is 0.572. The first-order chi connectivity index (χ1) is 15.3. The Bertz CT molecular complexity index is 1130. The molecular formula is C23H21F3N2O4. The maximum Gasteiger partial charge on any atom is 0.490 e. The SMILES string of the molecule is O=C(O)C(F)(F)F.c1ccc2cc(-c3ccc4c(c3)COC3(CCNCC3)O4)ncc2c1. The summed E-state index contributed by atoms with van der Waals surface area (Å²) in [6.07, 6.45) is -1.37. The second-order valence-corrected chi connectivity index (χ2v) is 7.59. The maximum absolute atomic E-state index is 10.6. The number of nitrogens with zero attached hydrogens (tertiary/aromatic N) is 1. The average molecular weight is 446 g/mol. The Hall–Kier alpha value is -3.17. The number of aromatic nitrogens is 1. The second-order valence-electron chi connectivity index (χ2n) is 7.59. The van der Waals surface area contributed by atoms with E-state index in [0.717, 1.165) is 53.9 Å². The lowest BCUT2D eigenvalue weighted by molar-refractivity contribution is -0.218. The standard InChI is InChI=1S/C21H20N2O2.C2HF3O2/c1-2-4-17-13-23-19(12-15(17)3-1)16-5-6-20-18(11-16)14-24-21(25-20)7-9-22-10-8-21;3-2(4,5)1(6)7/h1-6,11-13,22H,7-10,14H2;(H,6,7). The van der Waals surface area contributed by atoms with Gasteiger partial charge < -0.3 is 19.9 Å². The van der Waals surface area contributed by atoms with Crippen molar-refractivity contribution in [3.8, 4) is 17.0 Å². The number of carboxylic acids is 1. The van der Waals surface area contributed by atoms with Crippen LogP contribution in [-0.4, -0.2) is 41.1 Å². The number of hydrogen-bond acceptors (Lipinski definition) is 5. The van der Waals surface area contributed by atoms with Crippen LogP contribution in [0.4, 0.5) is 13.2 Å². The average Bonchev–Trinajstić information content (AvgIpc) is 2.79. The molecular weight excluding hydrogens is 425 g/mol. The van der Waals surface area contributed by atoms with Crippen molar-refractivity contribution < 1.29 is 32.5 Å². The zero-order valence-electron chi connectivity index (χ0n) is 17.0. The minimum atomic E-state index is -5.08. The Labute approximate surface area is 182 Å². The van der Waals surface area contributed by atoms with Gasteiger partial charge in [-0.15, -0.1) is 0 Å². The lowest BCUT2D eigenvalue weighted by atomic mass is 10.0. The molecule has 6 nitrogen and oxygen atoms in total. The molecule has 2 aliphatic heterocycles. The second kappa shape index (κ2) is 8.76. The lowest BCUT2D eigenvalue weighted by Crippen LogP contribution is -2.49. The highest BCUT2D eigenvalue weighted by Gasteiger charge is 2.39. The van der Waals surface area contributed by atoms with E-state index in [0.29, 0.717) is 6.61 Å². The van der Waals surface area contributed by atoms with Crippen LogP contribution in [0.2, 0.25) is 0 Å². The predicted molar refractivity (Wildman–Crippen MR) is 111 cm³/mol. The first-order valence-corrected chi connectivity index (χ1v) is 10.1. The highest BCUT2D eigenvalue weighted by molar-refractivity contribution is 5.85. The van der Waals surface area contributed by atoms with E-state index in [4.69, 9.17) is 19.4 Å². The van der Waals surface area contributed by atoms with E-state index in [2.05, 4.69) is 52.8 Å². The number of carbonyl (C=O) groups is 1. The largest absolute Gasteiger partial charge is 0.490 e. The third-order valence-electron chi connectivity index (χ3n) is 5.38. The van der Waals surface area contributed by atoms with Gasteiger partial charge in [-0.1, -0.05) is 24.3 Å². The van der Waals surface area contributed by atoms with Crippen LogP contribution in [-0.2, 0) is 16.1 Å². The molecule has 0 bridgehead atoms. The molecule has 1 spiro atoms. The number of hydrogen-bond donors (Lipinski definition) is 2. The van der Waals surface area contributed by atoms with Crippen LogP contribution >= 0.6 is 0 Å². The number of rotatable bonds is 1. The van der Waals surface area contributed by atoms with Gasteiger partial charge in [0.1, 0.15) is 5.75 Å². The number of alkyl halides is 3. The van der Waals surface area contributed by atoms with Gasteiger partial charge in [-0.25, -0.2) is 4.79 Å². The molecule has 0 radical (unpaired) electrons. The molecule has 0 aliphatic carbocycles. The van der Waals surface area contributed by atoms with Gasteiger partial charge >= 0.3 is 12.1 Å². The topological polar surface area (TPSA) is 80.7 Å². The summed E-state index contributed by atoms with van der Waals surface area (Å²) in [5.74, 6) is -2.26. The van der Waals surface area contributed by atoms with Gasteiger partial charge in [0.2, 0.25) is 5.79 Å². The molecule has 2 aromatic carbocycles. The molecule has 0 amide bonds. The predicted octanol–water partition coefficient (Wildman–Crippen LogP) is 4.52. The number of aliphatic carboxylic acids is 1. The van der Waals surface area contributed by atoms with Crippen LogP contribution in [0.25, 0.3) is 22.0 Å². The summed E-state index contributed by atoms with van der Waals surface area (Å²) in [6, 6.07) is 16.7. The van der Waals surface area contributed by atoms with E-state index in [9.17, 15) is 13.2 Å². The van der Waals surface area contributed by atoms with Crippen molar-refractivity contribution in [2.45, 2.75) is 31.4 Å². The molecule has 32 heavy (non-hydrogen) atoms. The van der Waals surface area contributed by atoms with Gasteiger partial charge in [-0.3, -0.25) is 4.98 Å². The summed E-state index contributed by atoms with van der Waals surface area (Å²) in [7, 11) is 0. The zero-order valence-corrected chi connectivity index (χ0v) is 17.0. The van der Waals surface area contributed by atoms with Gasteiger partial charge in [0.15, 0.2) is 0 Å². The number of benzene rings is 2. The highest BCUT2D eigenvalue weighted by Crippen LogP contribution is 2.38. The Morgan fingerprint density at radius 3 is 2.44 bits per heavy atom. The summed E-state index contributed by atoms with van der Waals surface area (Å²) in [6.45, 7) is 2.47. The molecule has 3 aromatic rings. The fourth-order valence-corrected chi connectivity index (χ4v) is 3.69. The molecule has 1 saturated heterocycles. The minimum absolute atomic E-state index is 0.443. The van der Waals surface area contributed by atoms with E-state index in [1.54, 1.807) is 0 Å². The van der Waals surface area contributed by atoms with Crippen LogP contribution in [0.15, 0.2) is 54.7 Å². The summed E-state index contributed by atoms with van der Waals surface area (Å²) < 4.78 is 44.1. The fraction of sp³-hybridized carbons (Fsp3) is 0.304. The van der Waals surface area contributed by atoms with Crippen molar-refractivity contribution in [3.63, 3.8) is 0 Å². The van der Waals surface area contributed by atoms with Crippen molar-refractivity contribution in [1.82, 2.24) is 10.3 Å². The van der Waals surface area contributed by atoms with Crippen LogP contribution in [0.5, 0.6) is 5.75 Å². The van der Waals surface area contributed by atoms with Crippen molar-refractivity contribution in [2.24, 2.45) is 0 Å². The lowest BCUT2D eigenvalue weighted by Gasteiger charge is -2.41. The van der Waals surface area contributed by atoms with Gasteiger partial charge in [-0.2, -0.15) is 13.2 Å². The Kier molecular flexibility index (Phi) is 6.03. The molecule has 2 aliphatic rings.